The van der Waals surface area contributed by atoms with E-state index in [-0.39, 0.29) is 6.23 Å². The number of alkyl carbamates (subject to hydrolysis) is 1. The Hall–Kier alpha value is -0.770. The Morgan fingerprint density at radius 3 is 2.36 bits per heavy atom. The van der Waals surface area contributed by atoms with Crippen molar-refractivity contribution in [3.8, 4) is 0 Å². The van der Waals surface area contributed by atoms with E-state index in [2.05, 4.69) is 5.32 Å². The Balaban J connectivity index is 3.91. The minimum absolute atomic E-state index is 0.255. The highest BCUT2D eigenvalue weighted by Gasteiger charge is 2.18. The molecule has 4 nitrogen and oxygen atoms in total. The number of rotatable bonds is 4. The molecule has 1 unspecified atom stereocenters. The standard InChI is InChI=1S/C10H21NO3/c1-6-7-8(13-5)11-9(12)14-10(2,3)4/h8H,6-7H2,1-5H3,(H,11,12). The van der Waals surface area contributed by atoms with Gasteiger partial charge in [0.25, 0.3) is 0 Å². The van der Waals surface area contributed by atoms with Crippen molar-refractivity contribution in [3.63, 3.8) is 0 Å². The first-order chi connectivity index (χ1) is 6.39. The van der Waals surface area contributed by atoms with Gasteiger partial charge in [0.1, 0.15) is 11.8 Å². The van der Waals surface area contributed by atoms with Gasteiger partial charge in [-0.15, -0.1) is 0 Å². The summed E-state index contributed by atoms with van der Waals surface area (Å²) in [7, 11) is 1.57. The van der Waals surface area contributed by atoms with E-state index in [1.807, 2.05) is 27.7 Å². The number of carbonyl (C=O) groups is 1. The molecule has 4 heteroatoms. The van der Waals surface area contributed by atoms with E-state index in [1.165, 1.54) is 0 Å². The van der Waals surface area contributed by atoms with Crippen LogP contribution in [0.4, 0.5) is 4.79 Å². The number of nitrogens with one attached hydrogen (secondary N) is 1. The molecule has 0 aliphatic carbocycles. The molecule has 0 rings (SSSR count). The van der Waals surface area contributed by atoms with E-state index in [4.69, 9.17) is 9.47 Å². The molecular formula is C10H21NO3. The molecule has 0 saturated heterocycles. The number of hydrogen-bond donors (Lipinski definition) is 1. The number of methoxy groups -OCH3 is 1. The quantitative estimate of drug-likeness (QED) is 0.713. The minimum atomic E-state index is -0.464. The molecule has 0 heterocycles. The average Bonchev–Trinajstić information content (AvgIpc) is 2.00. The maximum absolute atomic E-state index is 11.3. The summed E-state index contributed by atoms with van der Waals surface area (Å²) in [5.41, 5.74) is -0.464. The molecule has 1 atom stereocenters. The van der Waals surface area contributed by atoms with Crippen molar-refractivity contribution in [2.45, 2.75) is 52.4 Å². The molecule has 0 radical (unpaired) electrons. The van der Waals surface area contributed by atoms with Crippen LogP contribution in [0.2, 0.25) is 0 Å². The summed E-state index contributed by atoms with van der Waals surface area (Å²) in [6.45, 7) is 7.51. The van der Waals surface area contributed by atoms with Crippen LogP contribution in [0.25, 0.3) is 0 Å². The van der Waals surface area contributed by atoms with Crippen LogP contribution < -0.4 is 5.32 Å². The predicted molar refractivity (Wildman–Crippen MR) is 55.1 cm³/mol. The third-order valence-corrected chi connectivity index (χ3v) is 1.51. The van der Waals surface area contributed by atoms with Gasteiger partial charge in [-0.25, -0.2) is 4.79 Å². The molecule has 1 amide bonds. The van der Waals surface area contributed by atoms with E-state index < -0.39 is 11.7 Å². The average molecular weight is 203 g/mol. The van der Waals surface area contributed by atoms with Crippen LogP contribution in [0.5, 0.6) is 0 Å². The molecule has 0 aromatic rings. The van der Waals surface area contributed by atoms with Crippen LogP contribution >= 0.6 is 0 Å². The minimum Gasteiger partial charge on any atom is -0.444 e. The lowest BCUT2D eigenvalue weighted by Gasteiger charge is -2.22. The van der Waals surface area contributed by atoms with E-state index in [0.717, 1.165) is 12.8 Å². The first-order valence-corrected chi connectivity index (χ1v) is 4.91. The fourth-order valence-corrected chi connectivity index (χ4v) is 0.950. The number of ether oxygens (including phenoxy) is 2. The highest BCUT2D eigenvalue weighted by Crippen LogP contribution is 2.07. The normalized spacial score (nSPS) is 13.5. The van der Waals surface area contributed by atoms with Gasteiger partial charge in [-0.2, -0.15) is 0 Å². The van der Waals surface area contributed by atoms with Crippen molar-refractivity contribution >= 4 is 6.09 Å². The molecule has 0 spiro atoms. The van der Waals surface area contributed by atoms with E-state index in [1.54, 1.807) is 7.11 Å². The Kier molecular flexibility index (Phi) is 5.53. The van der Waals surface area contributed by atoms with Gasteiger partial charge < -0.3 is 9.47 Å². The highest BCUT2D eigenvalue weighted by molar-refractivity contribution is 5.67. The zero-order valence-corrected chi connectivity index (χ0v) is 9.72. The van der Waals surface area contributed by atoms with Crippen LogP contribution in [-0.4, -0.2) is 25.0 Å². The molecule has 1 N–H and O–H groups in total. The Labute approximate surface area is 86.0 Å². The SMILES string of the molecule is CCCC(NC(=O)OC(C)(C)C)OC. The summed E-state index contributed by atoms with van der Waals surface area (Å²) in [4.78, 5) is 11.3. The largest absolute Gasteiger partial charge is 0.444 e. The van der Waals surface area contributed by atoms with Crippen molar-refractivity contribution in [3.05, 3.63) is 0 Å². The second-order valence-corrected chi connectivity index (χ2v) is 4.16. The first-order valence-electron chi connectivity index (χ1n) is 4.91. The zero-order chi connectivity index (χ0) is 11.2. The Morgan fingerprint density at radius 2 is 2.00 bits per heavy atom. The van der Waals surface area contributed by atoms with Gasteiger partial charge in [0.15, 0.2) is 0 Å². The first kappa shape index (κ1) is 13.2. The molecule has 0 aliphatic heterocycles. The van der Waals surface area contributed by atoms with Crippen molar-refractivity contribution in [2.24, 2.45) is 0 Å². The topological polar surface area (TPSA) is 47.6 Å². The van der Waals surface area contributed by atoms with E-state index >= 15 is 0 Å². The molecule has 0 aromatic heterocycles. The molecule has 0 bridgehead atoms. The molecule has 84 valence electrons. The highest BCUT2D eigenvalue weighted by atomic mass is 16.6. The second-order valence-electron chi connectivity index (χ2n) is 4.16. The maximum atomic E-state index is 11.3. The van der Waals surface area contributed by atoms with Crippen LogP contribution in [0.1, 0.15) is 40.5 Å². The van der Waals surface area contributed by atoms with Crippen LogP contribution in [0.15, 0.2) is 0 Å². The molecular weight excluding hydrogens is 182 g/mol. The summed E-state index contributed by atoms with van der Waals surface area (Å²) in [5, 5.41) is 2.64. The molecule has 14 heavy (non-hydrogen) atoms. The Morgan fingerprint density at radius 1 is 1.43 bits per heavy atom. The van der Waals surface area contributed by atoms with Crippen molar-refractivity contribution < 1.29 is 14.3 Å². The smallest absolute Gasteiger partial charge is 0.409 e. The van der Waals surface area contributed by atoms with Crippen molar-refractivity contribution in [1.82, 2.24) is 5.32 Å². The summed E-state index contributed by atoms with van der Waals surface area (Å²) in [5.74, 6) is 0. The fraction of sp³-hybridized carbons (Fsp3) is 0.900. The second kappa shape index (κ2) is 5.86. The van der Waals surface area contributed by atoms with E-state index in [0.29, 0.717) is 0 Å². The predicted octanol–water partition coefficient (Wildman–Crippen LogP) is 2.28. The van der Waals surface area contributed by atoms with Gasteiger partial charge in [-0.3, -0.25) is 5.32 Å². The summed E-state index contributed by atoms with van der Waals surface area (Å²) in [6.07, 6.45) is 1.05. The summed E-state index contributed by atoms with van der Waals surface area (Å²) in [6, 6.07) is 0. The van der Waals surface area contributed by atoms with Gasteiger partial charge in [-0.05, 0) is 27.2 Å². The maximum Gasteiger partial charge on any atom is 0.409 e. The molecule has 0 aromatic carbocycles. The molecule has 0 fully saturated rings. The van der Waals surface area contributed by atoms with Crippen molar-refractivity contribution in [1.29, 1.82) is 0 Å². The van der Waals surface area contributed by atoms with Crippen LogP contribution in [0.3, 0.4) is 0 Å². The fourth-order valence-electron chi connectivity index (χ4n) is 0.950. The Bertz CT molecular complexity index is 175. The van der Waals surface area contributed by atoms with Gasteiger partial charge >= 0.3 is 6.09 Å². The zero-order valence-electron chi connectivity index (χ0n) is 9.72. The van der Waals surface area contributed by atoms with Crippen LogP contribution in [-0.2, 0) is 9.47 Å². The molecule has 0 aliphatic rings. The van der Waals surface area contributed by atoms with Gasteiger partial charge in [0, 0.05) is 7.11 Å². The van der Waals surface area contributed by atoms with Gasteiger partial charge in [0.05, 0.1) is 0 Å². The van der Waals surface area contributed by atoms with E-state index in [9.17, 15) is 4.79 Å². The van der Waals surface area contributed by atoms with Crippen molar-refractivity contribution in [2.75, 3.05) is 7.11 Å². The number of amides is 1. The third kappa shape index (κ3) is 6.71. The lowest BCUT2D eigenvalue weighted by atomic mass is 10.2. The molecule has 0 saturated carbocycles. The lowest BCUT2D eigenvalue weighted by molar-refractivity contribution is 0.0212. The summed E-state index contributed by atoms with van der Waals surface area (Å²) < 4.78 is 10.2. The lowest BCUT2D eigenvalue weighted by Crippen LogP contribution is -2.39. The number of carbonyl (C=O) groups excluding carboxylic acids is 1. The number of hydrogen-bond acceptors (Lipinski definition) is 3. The summed E-state index contributed by atoms with van der Waals surface area (Å²) >= 11 is 0. The van der Waals surface area contributed by atoms with Gasteiger partial charge in [-0.1, -0.05) is 13.3 Å². The van der Waals surface area contributed by atoms with Gasteiger partial charge in [0.2, 0.25) is 0 Å². The third-order valence-electron chi connectivity index (χ3n) is 1.51. The monoisotopic (exact) mass is 203 g/mol. The van der Waals surface area contributed by atoms with Crippen LogP contribution in [0, 0.1) is 0 Å².